The van der Waals surface area contributed by atoms with Gasteiger partial charge in [0, 0.05) is 17.6 Å². The predicted octanol–water partition coefficient (Wildman–Crippen LogP) is 2.38. The molecule has 1 fully saturated rings. The first kappa shape index (κ1) is 13.9. The molecule has 4 N–H and O–H groups in total. The summed E-state index contributed by atoms with van der Waals surface area (Å²) in [5.74, 6) is 0. The van der Waals surface area contributed by atoms with Crippen LogP contribution in [0.25, 0.3) is 10.9 Å². The SMILES string of the molecule is O=C(NCC1(O)CCCCC1)Nc1ccc2[nH]ncc2c1. The fourth-order valence-corrected chi connectivity index (χ4v) is 2.83. The molecule has 6 heteroatoms. The second-order valence-corrected chi connectivity index (χ2v) is 5.76. The zero-order valence-electron chi connectivity index (χ0n) is 11.9. The number of H-pyrrole nitrogens is 1. The largest absolute Gasteiger partial charge is 0.388 e. The van der Waals surface area contributed by atoms with E-state index in [4.69, 9.17) is 0 Å². The standard InChI is InChI=1S/C15H20N4O2/c20-14(16-10-15(21)6-2-1-3-7-15)18-12-4-5-13-11(8-12)9-17-19-13/h4-5,8-9,21H,1-3,6-7,10H2,(H,17,19)(H2,16,18,20). The van der Waals surface area contributed by atoms with Crippen LogP contribution in [0.5, 0.6) is 0 Å². The molecule has 112 valence electrons. The number of benzene rings is 1. The fourth-order valence-electron chi connectivity index (χ4n) is 2.83. The van der Waals surface area contributed by atoms with Gasteiger partial charge in [0.1, 0.15) is 0 Å². The van der Waals surface area contributed by atoms with Crippen molar-refractivity contribution in [2.75, 3.05) is 11.9 Å². The van der Waals surface area contributed by atoms with Crippen molar-refractivity contribution in [1.82, 2.24) is 15.5 Å². The number of nitrogens with one attached hydrogen (secondary N) is 3. The topological polar surface area (TPSA) is 90.0 Å². The second-order valence-electron chi connectivity index (χ2n) is 5.76. The van der Waals surface area contributed by atoms with Crippen molar-refractivity contribution in [2.24, 2.45) is 0 Å². The third-order valence-corrected chi connectivity index (χ3v) is 4.06. The quantitative estimate of drug-likeness (QED) is 0.699. The number of hydrogen-bond acceptors (Lipinski definition) is 3. The van der Waals surface area contributed by atoms with Crippen LogP contribution in [0.1, 0.15) is 32.1 Å². The summed E-state index contributed by atoms with van der Waals surface area (Å²) in [6.07, 6.45) is 6.44. The second kappa shape index (κ2) is 5.73. The van der Waals surface area contributed by atoms with E-state index in [1.165, 1.54) is 6.42 Å². The van der Waals surface area contributed by atoms with Crippen LogP contribution in [0.15, 0.2) is 24.4 Å². The van der Waals surface area contributed by atoms with Gasteiger partial charge in [-0.2, -0.15) is 5.10 Å². The van der Waals surface area contributed by atoms with Crippen molar-refractivity contribution < 1.29 is 9.90 Å². The Kier molecular flexibility index (Phi) is 3.79. The van der Waals surface area contributed by atoms with E-state index in [9.17, 15) is 9.90 Å². The Morgan fingerprint density at radius 1 is 1.33 bits per heavy atom. The number of carbonyl (C=O) groups is 1. The van der Waals surface area contributed by atoms with Crippen molar-refractivity contribution in [3.8, 4) is 0 Å². The summed E-state index contributed by atoms with van der Waals surface area (Å²) >= 11 is 0. The zero-order chi connectivity index (χ0) is 14.7. The van der Waals surface area contributed by atoms with Crippen LogP contribution < -0.4 is 10.6 Å². The van der Waals surface area contributed by atoms with Crippen molar-refractivity contribution in [1.29, 1.82) is 0 Å². The smallest absolute Gasteiger partial charge is 0.319 e. The minimum absolute atomic E-state index is 0.295. The molecule has 21 heavy (non-hydrogen) atoms. The number of rotatable bonds is 3. The average molecular weight is 288 g/mol. The maximum atomic E-state index is 11.9. The molecule has 0 aliphatic heterocycles. The van der Waals surface area contributed by atoms with Gasteiger partial charge in [-0.15, -0.1) is 0 Å². The molecule has 1 saturated carbocycles. The third kappa shape index (κ3) is 3.33. The first-order valence-electron chi connectivity index (χ1n) is 7.35. The Hall–Kier alpha value is -2.08. The number of urea groups is 1. The van der Waals surface area contributed by atoms with Crippen LogP contribution in [-0.2, 0) is 0 Å². The van der Waals surface area contributed by atoms with Gasteiger partial charge in [-0.05, 0) is 31.0 Å². The highest BCUT2D eigenvalue weighted by Gasteiger charge is 2.29. The molecular formula is C15H20N4O2. The van der Waals surface area contributed by atoms with E-state index < -0.39 is 5.60 Å². The normalized spacial score (nSPS) is 17.6. The number of hydrogen-bond donors (Lipinski definition) is 4. The molecular weight excluding hydrogens is 268 g/mol. The van der Waals surface area contributed by atoms with Gasteiger partial charge in [0.05, 0.1) is 17.3 Å². The van der Waals surface area contributed by atoms with Gasteiger partial charge < -0.3 is 15.7 Å². The van der Waals surface area contributed by atoms with Gasteiger partial charge >= 0.3 is 6.03 Å². The molecule has 0 spiro atoms. The van der Waals surface area contributed by atoms with Gasteiger partial charge in [-0.25, -0.2) is 4.79 Å². The summed E-state index contributed by atoms with van der Waals surface area (Å²) in [5, 5.41) is 23.6. The molecule has 2 amide bonds. The summed E-state index contributed by atoms with van der Waals surface area (Å²) < 4.78 is 0. The van der Waals surface area contributed by atoms with Gasteiger partial charge in [-0.3, -0.25) is 5.10 Å². The van der Waals surface area contributed by atoms with Gasteiger partial charge in [0.15, 0.2) is 0 Å². The molecule has 3 rings (SSSR count). The molecule has 1 aromatic carbocycles. The van der Waals surface area contributed by atoms with Crippen molar-refractivity contribution in [3.63, 3.8) is 0 Å². The molecule has 1 aliphatic carbocycles. The van der Waals surface area contributed by atoms with Crippen LogP contribution in [0, 0.1) is 0 Å². The number of amides is 2. The van der Waals surface area contributed by atoms with E-state index >= 15 is 0 Å². The Morgan fingerprint density at radius 2 is 2.14 bits per heavy atom. The van der Waals surface area contributed by atoms with E-state index in [0.717, 1.165) is 36.6 Å². The lowest BCUT2D eigenvalue weighted by Crippen LogP contribution is -2.45. The minimum Gasteiger partial charge on any atom is -0.388 e. The van der Waals surface area contributed by atoms with E-state index in [1.807, 2.05) is 18.2 Å². The van der Waals surface area contributed by atoms with Gasteiger partial charge in [0.2, 0.25) is 0 Å². The first-order valence-corrected chi connectivity index (χ1v) is 7.35. The monoisotopic (exact) mass is 288 g/mol. The molecule has 0 saturated heterocycles. The molecule has 0 unspecified atom stereocenters. The lowest BCUT2D eigenvalue weighted by molar-refractivity contribution is 0.00755. The summed E-state index contributed by atoms with van der Waals surface area (Å²) in [7, 11) is 0. The van der Waals surface area contributed by atoms with E-state index in [2.05, 4.69) is 20.8 Å². The number of aromatic nitrogens is 2. The van der Waals surface area contributed by atoms with Gasteiger partial charge in [0.25, 0.3) is 0 Å². The lowest BCUT2D eigenvalue weighted by Gasteiger charge is -2.32. The zero-order valence-corrected chi connectivity index (χ0v) is 11.9. The minimum atomic E-state index is -0.746. The fraction of sp³-hybridized carbons (Fsp3) is 0.467. The summed E-state index contributed by atoms with van der Waals surface area (Å²) in [5.41, 5.74) is 0.888. The third-order valence-electron chi connectivity index (χ3n) is 4.06. The predicted molar refractivity (Wildman–Crippen MR) is 81.1 cm³/mol. The maximum Gasteiger partial charge on any atom is 0.319 e. The number of aliphatic hydroxyl groups is 1. The molecule has 0 bridgehead atoms. The lowest BCUT2D eigenvalue weighted by atomic mass is 9.85. The highest BCUT2D eigenvalue weighted by atomic mass is 16.3. The molecule has 1 aromatic heterocycles. The molecule has 1 heterocycles. The van der Waals surface area contributed by atoms with Crippen LogP contribution in [0.3, 0.4) is 0 Å². The summed E-state index contributed by atoms with van der Waals surface area (Å²) in [6, 6.07) is 5.24. The number of fused-ring (bicyclic) bond motifs is 1. The van der Waals surface area contributed by atoms with Crippen molar-refractivity contribution >= 4 is 22.6 Å². The summed E-state index contributed by atoms with van der Waals surface area (Å²) in [4.78, 5) is 11.9. The van der Waals surface area contributed by atoms with Crippen molar-refractivity contribution in [3.05, 3.63) is 24.4 Å². The first-order chi connectivity index (χ1) is 10.1. The molecule has 0 atom stereocenters. The number of anilines is 1. The molecule has 6 nitrogen and oxygen atoms in total. The summed E-state index contributed by atoms with van der Waals surface area (Å²) in [6.45, 7) is 0.298. The molecule has 1 aliphatic rings. The number of aromatic amines is 1. The van der Waals surface area contributed by atoms with Crippen LogP contribution >= 0.6 is 0 Å². The van der Waals surface area contributed by atoms with E-state index in [-0.39, 0.29) is 6.03 Å². The highest BCUT2D eigenvalue weighted by Crippen LogP contribution is 2.27. The maximum absolute atomic E-state index is 11.9. The van der Waals surface area contributed by atoms with Crippen LogP contribution in [-0.4, -0.2) is 33.5 Å². The van der Waals surface area contributed by atoms with E-state index in [0.29, 0.717) is 12.2 Å². The Balaban J connectivity index is 1.55. The Bertz CT molecular complexity index is 631. The number of carbonyl (C=O) groups excluding carboxylic acids is 1. The Labute approximate surface area is 122 Å². The van der Waals surface area contributed by atoms with E-state index in [1.54, 1.807) is 6.20 Å². The molecule has 0 radical (unpaired) electrons. The van der Waals surface area contributed by atoms with Crippen molar-refractivity contribution in [2.45, 2.75) is 37.7 Å². The molecule has 2 aromatic rings. The van der Waals surface area contributed by atoms with Gasteiger partial charge in [-0.1, -0.05) is 19.3 Å². The van der Waals surface area contributed by atoms with Crippen LogP contribution in [0.2, 0.25) is 0 Å². The van der Waals surface area contributed by atoms with Crippen LogP contribution in [0.4, 0.5) is 10.5 Å². The Morgan fingerprint density at radius 3 is 2.95 bits per heavy atom. The average Bonchev–Trinajstić information content (AvgIpc) is 2.94. The highest BCUT2D eigenvalue weighted by molar-refractivity contribution is 5.92. The number of nitrogens with zero attached hydrogens (tertiary/aromatic N) is 1.